The molecule has 2 N–H and O–H groups in total. The fraction of sp³-hybridized carbons (Fsp3) is 0.267. The van der Waals surface area contributed by atoms with Gasteiger partial charge in [0.1, 0.15) is 23.3 Å². The number of pyridine rings is 2. The maximum absolute atomic E-state index is 13.7. The molecule has 0 spiro atoms. The lowest BCUT2D eigenvalue weighted by Gasteiger charge is -2.26. The molecule has 0 bridgehead atoms. The summed E-state index contributed by atoms with van der Waals surface area (Å²) in [6.07, 6.45) is 7.15. The van der Waals surface area contributed by atoms with Crippen LogP contribution >= 0.6 is 0 Å². The summed E-state index contributed by atoms with van der Waals surface area (Å²) in [6, 6.07) is 18.5. The number of benzene rings is 1. The Kier molecular flexibility index (Phi) is 8.31. The van der Waals surface area contributed by atoms with Gasteiger partial charge >= 0.3 is 0 Å². The first kappa shape index (κ1) is 26.7. The van der Waals surface area contributed by atoms with Gasteiger partial charge in [0.05, 0.1) is 35.0 Å². The van der Waals surface area contributed by atoms with Crippen LogP contribution in [0.2, 0.25) is 0 Å². The Labute approximate surface area is 223 Å². The van der Waals surface area contributed by atoms with E-state index in [0.717, 1.165) is 60.1 Å². The smallest absolute Gasteiger partial charge is 0.130 e. The SMILES string of the molecule is C.CCN(C)c1cccc(-c2cccc(-c3cnc(/C=C\C(=N)N4CCC[C@@H]4c4cccc(F)c4)[nH]3)n2)n1. The van der Waals surface area contributed by atoms with Crippen molar-refractivity contribution in [2.45, 2.75) is 33.2 Å². The van der Waals surface area contributed by atoms with Gasteiger partial charge in [-0.05, 0) is 73.9 Å². The van der Waals surface area contributed by atoms with Crippen LogP contribution < -0.4 is 4.90 Å². The van der Waals surface area contributed by atoms with Gasteiger partial charge in [0.2, 0.25) is 0 Å². The molecule has 1 fully saturated rings. The van der Waals surface area contributed by atoms with Crippen molar-refractivity contribution in [1.82, 2.24) is 24.8 Å². The van der Waals surface area contributed by atoms with Crippen molar-refractivity contribution in [3.8, 4) is 22.8 Å². The number of imidazole rings is 1. The van der Waals surface area contributed by atoms with Gasteiger partial charge in [-0.25, -0.2) is 19.3 Å². The molecule has 1 aromatic carbocycles. The van der Waals surface area contributed by atoms with E-state index >= 15 is 0 Å². The zero-order valence-corrected chi connectivity index (χ0v) is 21.0. The van der Waals surface area contributed by atoms with Crippen LogP contribution in [0, 0.1) is 11.2 Å². The second kappa shape index (κ2) is 11.8. The molecule has 196 valence electrons. The van der Waals surface area contributed by atoms with E-state index in [1.807, 2.05) is 54.4 Å². The molecule has 0 amide bonds. The third-order valence-electron chi connectivity index (χ3n) is 6.68. The average Bonchev–Trinajstić information content (AvgIpc) is 3.62. The summed E-state index contributed by atoms with van der Waals surface area (Å²) >= 11 is 0. The Hall–Kier alpha value is -4.33. The molecule has 5 rings (SSSR count). The zero-order chi connectivity index (χ0) is 25.8. The molecule has 1 atom stereocenters. The second-order valence-electron chi connectivity index (χ2n) is 9.11. The maximum atomic E-state index is 13.7. The first-order chi connectivity index (χ1) is 18.0. The molecule has 0 unspecified atom stereocenters. The van der Waals surface area contributed by atoms with Crippen LogP contribution in [0.1, 0.15) is 44.6 Å². The predicted molar refractivity (Wildman–Crippen MR) is 153 cm³/mol. The Morgan fingerprint density at radius 2 is 1.84 bits per heavy atom. The van der Waals surface area contributed by atoms with E-state index in [1.54, 1.807) is 30.5 Å². The first-order valence-corrected chi connectivity index (χ1v) is 12.5. The van der Waals surface area contributed by atoms with E-state index in [-0.39, 0.29) is 19.3 Å². The van der Waals surface area contributed by atoms with E-state index in [0.29, 0.717) is 11.7 Å². The van der Waals surface area contributed by atoms with Crippen molar-refractivity contribution in [2.75, 3.05) is 25.0 Å². The van der Waals surface area contributed by atoms with Crippen LogP contribution in [-0.4, -0.2) is 50.8 Å². The first-order valence-electron chi connectivity index (χ1n) is 12.5. The topological polar surface area (TPSA) is 84.8 Å². The van der Waals surface area contributed by atoms with E-state index in [9.17, 15) is 4.39 Å². The summed E-state index contributed by atoms with van der Waals surface area (Å²) in [4.78, 5) is 21.4. The van der Waals surface area contributed by atoms with Crippen molar-refractivity contribution < 1.29 is 4.39 Å². The number of amidine groups is 1. The summed E-state index contributed by atoms with van der Waals surface area (Å²) < 4.78 is 13.7. The molecule has 1 aliphatic heterocycles. The lowest BCUT2D eigenvalue weighted by Crippen LogP contribution is -2.28. The van der Waals surface area contributed by atoms with Gasteiger partial charge < -0.3 is 14.8 Å². The molecule has 4 heterocycles. The summed E-state index contributed by atoms with van der Waals surface area (Å²) in [6.45, 7) is 3.73. The maximum Gasteiger partial charge on any atom is 0.130 e. The van der Waals surface area contributed by atoms with Crippen molar-refractivity contribution in [3.05, 3.63) is 90.1 Å². The largest absolute Gasteiger partial charge is 0.360 e. The quantitative estimate of drug-likeness (QED) is 0.216. The van der Waals surface area contributed by atoms with Crippen LogP contribution in [0.4, 0.5) is 10.2 Å². The van der Waals surface area contributed by atoms with Crippen LogP contribution in [0.5, 0.6) is 0 Å². The highest BCUT2D eigenvalue weighted by Crippen LogP contribution is 2.32. The van der Waals surface area contributed by atoms with Gasteiger partial charge in [0.25, 0.3) is 0 Å². The monoisotopic (exact) mass is 511 g/mol. The van der Waals surface area contributed by atoms with E-state index < -0.39 is 0 Å². The number of halogens is 1. The fourth-order valence-corrected chi connectivity index (χ4v) is 4.59. The highest BCUT2D eigenvalue weighted by atomic mass is 19.1. The molecule has 1 aliphatic rings. The van der Waals surface area contributed by atoms with Gasteiger partial charge in [0.15, 0.2) is 0 Å². The number of anilines is 1. The number of H-pyrrole nitrogens is 1. The predicted octanol–water partition coefficient (Wildman–Crippen LogP) is 6.59. The molecule has 8 heteroatoms. The number of likely N-dealkylation sites (tertiary alicyclic amines) is 1. The summed E-state index contributed by atoms with van der Waals surface area (Å²) in [5, 5.41) is 8.61. The van der Waals surface area contributed by atoms with Gasteiger partial charge in [0, 0.05) is 20.1 Å². The zero-order valence-electron chi connectivity index (χ0n) is 21.0. The number of aromatic nitrogens is 4. The van der Waals surface area contributed by atoms with Gasteiger partial charge in [-0.1, -0.05) is 31.7 Å². The standard InChI is InChI=1S/C29H30FN7.CH4/c1-3-36(2)29-14-6-12-23(35-29)22-10-5-11-24(33-22)25-19-32-28(34-25)16-15-27(31)37-17-7-13-26(37)20-8-4-9-21(30)18-20;/h4-6,8-12,14-16,18-19,26,31H,3,7,13,17H2,1-2H3,(H,32,34);1H4/b16-15-,31-27?;/t26-;/m1./s1. The Morgan fingerprint density at radius 3 is 2.63 bits per heavy atom. The molecule has 1 saturated heterocycles. The van der Waals surface area contributed by atoms with E-state index in [2.05, 4.69) is 21.8 Å². The van der Waals surface area contributed by atoms with Gasteiger partial charge in [-0.15, -0.1) is 0 Å². The Morgan fingerprint density at radius 1 is 1.11 bits per heavy atom. The lowest BCUT2D eigenvalue weighted by molar-refractivity contribution is 0.399. The molecular formula is C30H34FN7. The van der Waals surface area contributed by atoms with Gasteiger partial charge in [-0.3, -0.25) is 5.41 Å². The lowest BCUT2D eigenvalue weighted by atomic mass is 10.0. The Bertz CT molecular complexity index is 1430. The number of nitrogens with one attached hydrogen (secondary N) is 2. The molecular weight excluding hydrogens is 477 g/mol. The summed E-state index contributed by atoms with van der Waals surface area (Å²) in [7, 11) is 2.01. The number of nitrogens with zero attached hydrogens (tertiary/aromatic N) is 5. The highest BCUT2D eigenvalue weighted by Gasteiger charge is 2.27. The minimum absolute atomic E-state index is 0. The second-order valence-corrected chi connectivity index (χ2v) is 9.11. The third-order valence-corrected chi connectivity index (χ3v) is 6.68. The van der Waals surface area contributed by atoms with E-state index in [1.165, 1.54) is 6.07 Å². The highest BCUT2D eigenvalue weighted by molar-refractivity contribution is 5.94. The number of hydrogen-bond donors (Lipinski definition) is 2. The Balaban J connectivity index is 0.00000336. The molecule has 38 heavy (non-hydrogen) atoms. The van der Waals surface area contributed by atoms with Crippen LogP contribution in [0.3, 0.4) is 0 Å². The molecule has 7 nitrogen and oxygen atoms in total. The van der Waals surface area contributed by atoms with Gasteiger partial charge in [-0.2, -0.15) is 0 Å². The molecule has 4 aromatic rings. The third kappa shape index (κ3) is 5.80. The summed E-state index contributed by atoms with van der Waals surface area (Å²) in [5.41, 5.74) is 4.05. The minimum Gasteiger partial charge on any atom is -0.360 e. The van der Waals surface area contributed by atoms with Crippen LogP contribution in [-0.2, 0) is 0 Å². The minimum atomic E-state index is -0.246. The molecule has 3 aromatic heterocycles. The van der Waals surface area contributed by atoms with Crippen molar-refractivity contribution >= 4 is 17.7 Å². The number of rotatable bonds is 7. The normalized spacial score (nSPS) is 15.0. The van der Waals surface area contributed by atoms with Crippen LogP contribution in [0.25, 0.3) is 28.9 Å². The fourth-order valence-electron chi connectivity index (χ4n) is 4.59. The summed E-state index contributed by atoms with van der Waals surface area (Å²) in [5.74, 6) is 1.68. The molecule has 0 aliphatic carbocycles. The molecule has 0 radical (unpaired) electrons. The molecule has 0 saturated carbocycles. The van der Waals surface area contributed by atoms with Crippen molar-refractivity contribution in [3.63, 3.8) is 0 Å². The number of aromatic amines is 1. The van der Waals surface area contributed by atoms with Crippen molar-refractivity contribution in [1.29, 1.82) is 5.41 Å². The average molecular weight is 512 g/mol. The van der Waals surface area contributed by atoms with Crippen LogP contribution in [0.15, 0.2) is 72.9 Å². The van der Waals surface area contributed by atoms with Crippen molar-refractivity contribution in [2.24, 2.45) is 0 Å². The number of hydrogen-bond acceptors (Lipinski definition) is 5. The van der Waals surface area contributed by atoms with E-state index in [4.69, 9.17) is 15.4 Å².